The number of carbonyl (C=O) groups excluding carboxylic acids is 1. The van der Waals surface area contributed by atoms with Gasteiger partial charge in [0.15, 0.2) is 5.13 Å². The smallest absolute Gasteiger partial charge is 0.410 e. The van der Waals surface area contributed by atoms with Gasteiger partial charge in [-0.25, -0.2) is 14.2 Å². The van der Waals surface area contributed by atoms with Crippen LogP contribution in [0.2, 0.25) is 0 Å². The molecule has 0 saturated carbocycles. The highest BCUT2D eigenvalue weighted by molar-refractivity contribution is 7.15. The zero-order valence-corrected chi connectivity index (χ0v) is 18.0. The van der Waals surface area contributed by atoms with E-state index in [0.717, 1.165) is 17.7 Å². The van der Waals surface area contributed by atoms with E-state index in [1.165, 1.54) is 17.4 Å². The fourth-order valence-corrected chi connectivity index (χ4v) is 5.08. The Labute approximate surface area is 174 Å². The van der Waals surface area contributed by atoms with Crippen molar-refractivity contribution in [2.24, 2.45) is 0 Å². The molecule has 2 aromatic rings. The van der Waals surface area contributed by atoms with Crippen molar-refractivity contribution in [2.45, 2.75) is 57.7 Å². The normalized spacial score (nSPS) is 24.0. The maximum atomic E-state index is 15.3. The number of nitrogens with zero attached hydrogens (tertiary/aromatic N) is 2. The second-order valence-corrected chi connectivity index (χ2v) is 10.2. The Kier molecular flexibility index (Phi) is 4.82. The predicted molar refractivity (Wildman–Crippen MR) is 112 cm³/mol. The van der Waals surface area contributed by atoms with Gasteiger partial charge in [0, 0.05) is 35.1 Å². The number of anilines is 1. The summed E-state index contributed by atoms with van der Waals surface area (Å²) in [6, 6.07) is 5.35. The summed E-state index contributed by atoms with van der Waals surface area (Å²) in [6.07, 6.45) is 1.32. The monoisotopic (exact) mass is 418 g/mol. The number of nitrogen functional groups attached to an aromatic ring is 1. The number of nitrogens with two attached hydrogens (primary N) is 1. The number of hydrogen-bond acceptors (Lipinski definition) is 6. The van der Waals surface area contributed by atoms with Crippen LogP contribution in [-0.4, -0.2) is 40.7 Å². The van der Waals surface area contributed by atoms with Crippen molar-refractivity contribution in [2.75, 3.05) is 18.8 Å². The average molecular weight is 419 g/mol. The molecule has 3 heterocycles. The summed E-state index contributed by atoms with van der Waals surface area (Å²) < 4.78 is 20.8. The first-order chi connectivity index (χ1) is 13.6. The maximum Gasteiger partial charge on any atom is 0.410 e. The summed E-state index contributed by atoms with van der Waals surface area (Å²) in [6.45, 7) is 8.44. The van der Waals surface area contributed by atoms with E-state index in [2.05, 4.69) is 10.3 Å². The number of rotatable bonds is 2. The number of likely N-dealkylation sites (tertiary alicyclic amines) is 1. The average Bonchev–Trinajstić information content (AvgIpc) is 3.11. The second kappa shape index (κ2) is 6.95. The largest absolute Gasteiger partial charge is 0.444 e. The molecule has 0 spiro atoms. The Hall–Kier alpha value is -2.19. The quantitative estimate of drug-likeness (QED) is 0.769. The highest BCUT2D eigenvalue weighted by Gasteiger charge is 2.48. The number of aryl methyl sites for hydroxylation is 1. The fourth-order valence-electron chi connectivity index (χ4n) is 4.37. The number of benzene rings is 1. The van der Waals surface area contributed by atoms with Crippen LogP contribution in [0, 0.1) is 12.7 Å². The third-order valence-electron chi connectivity index (χ3n) is 5.52. The zero-order valence-electron chi connectivity index (χ0n) is 17.2. The van der Waals surface area contributed by atoms with Gasteiger partial charge in [-0.05, 0) is 46.6 Å². The summed E-state index contributed by atoms with van der Waals surface area (Å²) in [7, 11) is 0. The van der Waals surface area contributed by atoms with Crippen molar-refractivity contribution in [1.82, 2.24) is 15.2 Å². The number of thiazole rings is 1. The molecule has 2 saturated heterocycles. The van der Waals surface area contributed by atoms with Crippen LogP contribution in [0.1, 0.15) is 44.1 Å². The van der Waals surface area contributed by atoms with Crippen molar-refractivity contribution in [3.8, 4) is 11.3 Å². The minimum Gasteiger partial charge on any atom is -0.444 e. The highest BCUT2D eigenvalue weighted by Crippen LogP contribution is 2.41. The van der Waals surface area contributed by atoms with E-state index in [1.54, 1.807) is 4.90 Å². The lowest BCUT2D eigenvalue weighted by Crippen LogP contribution is -2.59. The molecule has 2 aliphatic heterocycles. The first-order valence-electron chi connectivity index (χ1n) is 9.85. The molecule has 2 bridgehead atoms. The van der Waals surface area contributed by atoms with E-state index in [1.807, 2.05) is 39.8 Å². The molecule has 156 valence electrons. The molecule has 1 amide bonds. The van der Waals surface area contributed by atoms with E-state index >= 15 is 4.39 Å². The summed E-state index contributed by atoms with van der Waals surface area (Å²) in [4.78, 5) is 19.6. The molecule has 2 unspecified atom stereocenters. The van der Waals surface area contributed by atoms with Crippen molar-refractivity contribution in [3.63, 3.8) is 0 Å². The van der Waals surface area contributed by atoms with Gasteiger partial charge in [-0.2, -0.15) is 0 Å². The number of fused-ring (bicyclic) bond motifs is 2. The third-order valence-corrected chi connectivity index (χ3v) is 6.32. The van der Waals surface area contributed by atoms with Gasteiger partial charge in [0.1, 0.15) is 11.4 Å². The molecule has 1 aromatic heterocycles. The predicted octanol–water partition coefficient (Wildman–Crippen LogP) is 4.04. The number of ether oxygens (including phenoxy) is 1. The van der Waals surface area contributed by atoms with Crippen LogP contribution in [0.25, 0.3) is 11.3 Å². The zero-order chi connectivity index (χ0) is 21.0. The minimum absolute atomic E-state index is 0.135. The Balaban J connectivity index is 1.63. The molecule has 0 aliphatic carbocycles. The number of piperazine rings is 1. The van der Waals surface area contributed by atoms with Gasteiger partial charge in [-0.15, -0.1) is 11.3 Å². The number of aromatic nitrogens is 1. The summed E-state index contributed by atoms with van der Waals surface area (Å²) in [5, 5.41) is 4.03. The lowest BCUT2D eigenvalue weighted by Gasteiger charge is -2.42. The number of halogens is 1. The number of hydrogen-bond donors (Lipinski definition) is 2. The van der Waals surface area contributed by atoms with Gasteiger partial charge in [0.25, 0.3) is 0 Å². The van der Waals surface area contributed by atoms with Crippen LogP contribution < -0.4 is 11.1 Å². The standard InChI is InChI=1S/C21H27FN4O2S/c1-12-17(24-18(23)29-12)13-5-6-15(16(22)9-13)21-8-7-14(25-21)10-26(11-21)19(27)28-20(2,3)4/h5-6,9,14,25H,7-8,10-11H2,1-4H3,(H2,23,24). The van der Waals surface area contributed by atoms with E-state index in [9.17, 15) is 4.79 Å². The molecule has 2 atom stereocenters. The Bertz CT molecular complexity index is 955. The lowest BCUT2D eigenvalue weighted by molar-refractivity contribution is 0.0120. The van der Waals surface area contributed by atoms with Crippen molar-refractivity contribution >= 4 is 22.6 Å². The maximum absolute atomic E-state index is 15.3. The van der Waals surface area contributed by atoms with E-state index in [4.69, 9.17) is 10.5 Å². The van der Waals surface area contributed by atoms with E-state index in [0.29, 0.717) is 35.0 Å². The van der Waals surface area contributed by atoms with Crippen molar-refractivity contribution < 1.29 is 13.9 Å². The molecule has 6 nitrogen and oxygen atoms in total. The molecule has 2 fully saturated rings. The van der Waals surface area contributed by atoms with Gasteiger partial charge in [0.05, 0.1) is 11.2 Å². The number of carbonyl (C=O) groups is 1. The summed E-state index contributed by atoms with van der Waals surface area (Å²) >= 11 is 1.39. The molecule has 4 rings (SSSR count). The Morgan fingerprint density at radius 2 is 2.21 bits per heavy atom. The topological polar surface area (TPSA) is 80.5 Å². The molecular formula is C21H27FN4O2S. The first kappa shape index (κ1) is 20.1. The van der Waals surface area contributed by atoms with E-state index in [-0.39, 0.29) is 18.0 Å². The second-order valence-electron chi connectivity index (χ2n) is 8.97. The minimum atomic E-state index is -0.599. The summed E-state index contributed by atoms with van der Waals surface area (Å²) in [5.41, 5.74) is 6.64. The van der Waals surface area contributed by atoms with E-state index < -0.39 is 11.1 Å². The number of amides is 1. The van der Waals surface area contributed by atoms with Crippen molar-refractivity contribution in [3.05, 3.63) is 34.5 Å². The van der Waals surface area contributed by atoms with Gasteiger partial charge in [0.2, 0.25) is 0 Å². The first-order valence-corrected chi connectivity index (χ1v) is 10.7. The Morgan fingerprint density at radius 3 is 2.83 bits per heavy atom. The van der Waals surface area contributed by atoms with Crippen LogP contribution in [0.4, 0.5) is 14.3 Å². The van der Waals surface area contributed by atoms with Crippen LogP contribution in [-0.2, 0) is 10.3 Å². The van der Waals surface area contributed by atoms with Crippen LogP contribution in [0.5, 0.6) is 0 Å². The highest BCUT2D eigenvalue weighted by atomic mass is 32.1. The Morgan fingerprint density at radius 1 is 1.45 bits per heavy atom. The molecule has 2 aliphatic rings. The number of nitrogens with one attached hydrogen (secondary N) is 1. The van der Waals surface area contributed by atoms with Gasteiger partial charge in [-0.1, -0.05) is 12.1 Å². The molecule has 0 radical (unpaired) electrons. The van der Waals surface area contributed by atoms with Gasteiger partial charge < -0.3 is 20.7 Å². The summed E-state index contributed by atoms with van der Waals surface area (Å²) in [5.74, 6) is -0.298. The van der Waals surface area contributed by atoms with Gasteiger partial charge >= 0.3 is 6.09 Å². The molecule has 29 heavy (non-hydrogen) atoms. The van der Waals surface area contributed by atoms with Crippen LogP contribution in [0.3, 0.4) is 0 Å². The molecule has 1 aromatic carbocycles. The van der Waals surface area contributed by atoms with Gasteiger partial charge in [-0.3, -0.25) is 0 Å². The van der Waals surface area contributed by atoms with Crippen molar-refractivity contribution in [1.29, 1.82) is 0 Å². The van der Waals surface area contributed by atoms with Crippen LogP contribution in [0.15, 0.2) is 18.2 Å². The molecule has 8 heteroatoms. The third kappa shape index (κ3) is 3.83. The van der Waals surface area contributed by atoms with Crippen LogP contribution >= 0.6 is 11.3 Å². The SMILES string of the molecule is Cc1sc(N)nc1-c1ccc(C23CCC(CN(C(=O)OC(C)(C)C)C2)N3)c(F)c1. The fraction of sp³-hybridized carbons (Fsp3) is 0.524. The lowest BCUT2D eigenvalue weighted by atomic mass is 9.86. The molecule has 3 N–H and O–H groups in total. The molecular weight excluding hydrogens is 391 g/mol.